The standard InChI is InChI=1S/C15H19N3O4S/c1-23(20,21)18(14-5-3-2-4-13(14)12-16)7-6-15(19)17-8-10-22-11-9-17/h2-5H,6-11H2,1H3. The summed E-state index contributed by atoms with van der Waals surface area (Å²) in [4.78, 5) is 13.9. The van der Waals surface area contributed by atoms with E-state index in [9.17, 15) is 13.2 Å². The normalized spacial score (nSPS) is 15.0. The van der Waals surface area contributed by atoms with Crippen LogP contribution < -0.4 is 4.31 Å². The molecular weight excluding hydrogens is 318 g/mol. The van der Waals surface area contributed by atoms with Crippen molar-refractivity contribution in [3.8, 4) is 6.07 Å². The number of ether oxygens (including phenoxy) is 1. The van der Waals surface area contributed by atoms with Gasteiger partial charge in [-0.15, -0.1) is 0 Å². The Morgan fingerprint density at radius 1 is 1.35 bits per heavy atom. The van der Waals surface area contributed by atoms with E-state index in [1.165, 1.54) is 0 Å². The highest BCUT2D eigenvalue weighted by atomic mass is 32.2. The Bertz CT molecular complexity index is 706. The maximum absolute atomic E-state index is 12.2. The van der Waals surface area contributed by atoms with Crippen molar-refractivity contribution in [2.75, 3.05) is 43.4 Å². The van der Waals surface area contributed by atoms with Gasteiger partial charge in [0, 0.05) is 26.1 Å². The minimum atomic E-state index is -3.59. The fourth-order valence-electron chi connectivity index (χ4n) is 2.42. The van der Waals surface area contributed by atoms with Gasteiger partial charge in [0.1, 0.15) is 6.07 Å². The number of rotatable bonds is 5. The Morgan fingerprint density at radius 3 is 2.61 bits per heavy atom. The lowest BCUT2D eigenvalue weighted by molar-refractivity contribution is -0.134. The van der Waals surface area contributed by atoms with E-state index in [4.69, 9.17) is 10.00 Å². The zero-order valence-electron chi connectivity index (χ0n) is 12.9. The molecule has 1 saturated heterocycles. The van der Waals surface area contributed by atoms with Gasteiger partial charge in [0.2, 0.25) is 15.9 Å². The lowest BCUT2D eigenvalue weighted by atomic mass is 10.2. The number of morpholine rings is 1. The van der Waals surface area contributed by atoms with Crippen LogP contribution in [0.4, 0.5) is 5.69 Å². The molecule has 124 valence electrons. The molecule has 23 heavy (non-hydrogen) atoms. The van der Waals surface area contributed by atoms with E-state index in [0.29, 0.717) is 32.0 Å². The van der Waals surface area contributed by atoms with Crippen molar-refractivity contribution in [3.05, 3.63) is 29.8 Å². The number of para-hydroxylation sites is 1. The predicted octanol–water partition coefficient (Wildman–Crippen LogP) is 0.573. The molecular formula is C15H19N3O4S. The van der Waals surface area contributed by atoms with E-state index in [0.717, 1.165) is 10.6 Å². The molecule has 2 rings (SSSR count). The number of benzene rings is 1. The van der Waals surface area contributed by atoms with Crippen LogP contribution in [-0.2, 0) is 19.6 Å². The number of sulfonamides is 1. The van der Waals surface area contributed by atoms with Crippen LogP contribution in [0.5, 0.6) is 0 Å². The predicted molar refractivity (Wildman–Crippen MR) is 85.4 cm³/mol. The highest BCUT2D eigenvalue weighted by Gasteiger charge is 2.23. The monoisotopic (exact) mass is 337 g/mol. The van der Waals surface area contributed by atoms with Crippen LogP contribution in [0.3, 0.4) is 0 Å². The second kappa shape index (κ2) is 7.44. The van der Waals surface area contributed by atoms with E-state index in [2.05, 4.69) is 0 Å². The second-order valence-corrected chi connectivity index (χ2v) is 7.11. The number of anilines is 1. The first kappa shape index (κ1) is 17.2. The van der Waals surface area contributed by atoms with Crippen molar-refractivity contribution in [2.45, 2.75) is 6.42 Å². The molecule has 7 nitrogen and oxygen atoms in total. The molecule has 0 saturated carbocycles. The third-order valence-corrected chi connectivity index (χ3v) is 4.77. The fourth-order valence-corrected chi connectivity index (χ4v) is 3.36. The van der Waals surface area contributed by atoms with Crippen LogP contribution in [-0.4, -0.2) is 58.3 Å². The zero-order valence-corrected chi connectivity index (χ0v) is 13.8. The number of hydrogen-bond acceptors (Lipinski definition) is 5. The molecule has 0 unspecified atom stereocenters. The number of nitrogens with zero attached hydrogens (tertiary/aromatic N) is 3. The van der Waals surface area contributed by atoms with Crippen LogP contribution in [0.2, 0.25) is 0 Å². The summed E-state index contributed by atoms with van der Waals surface area (Å²) in [5, 5.41) is 9.15. The van der Waals surface area contributed by atoms with E-state index < -0.39 is 10.0 Å². The molecule has 0 radical (unpaired) electrons. The van der Waals surface area contributed by atoms with Crippen molar-refractivity contribution < 1.29 is 17.9 Å². The largest absolute Gasteiger partial charge is 0.378 e. The third kappa shape index (κ3) is 4.43. The Kier molecular flexibility index (Phi) is 5.58. The Labute approximate surface area is 136 Å². The Morgan fingerprint density at radius 2 is 2.00 bits per heavy atom. The lowest BCUT2D eigenvalue weighted by Gasteiger charge is -2.28. The molecule has 1 aromatic carbocycles. The summed E-state index contributed by atoms with van der Waals surface area (Å²) in [5.74, 6) is -0.114. The number of carbonyl (C=O) groups excluding carboxylic acids is 1. The van der Waals surface area contributed by atoms with E-state index >= 15 is 0 Å². The fraction of sp³-hybridized carbons (Fsp3) is 0.467. The first-order chi connectivity index (χ1) is 10.9. The van der Waals surface area contributed by atoms with Crippen molar-refractivity contribution in [3.63, 3.8) is 0 Å². The number of hydrogen-bond donors (Lipinski definition) is 0. The number of nitriles is 1. The molecule has 1 fully saturated rings. The van der Waals surface area contributed by atoms with Gasteiger partial charge in [-0.05, 0) is 12.1 Å². The number of carbonyl (C=O) groups is 1. The van der Waals surface area contributed by atoms with E-state index in [1.54, 1.807) is 29.2 Å². The van der Waals surface area contributed by atoms with Gasteiger partial charge in [-0.25, -0.2) is 8.42 Å². The topological polar surface area (TPSA) is 90.7 Å². The highest BCUT2D eigenvalue weighted by molar-refractivity contribution is 7.92. The molecule has 0 atom stereocenters. The molecule has 1 aliphatic rings. The molecule has 1 aliphatic heterocycles. The maximum Gasteiger partial charge on any atom is 0.232 e. The third-order valence-electron chi connectivity index (χ3n) is 3.59. The van der Waals surface area contributed by atoms with Gasteiger partial charge in [-0.3, -0.25) is 9.10 Å². The molecule has 0 N–H and O–H groups in total. The Balaban J connectivity index is 2.14. The minimum Gasteiger partial charge on any atom is -0.378 e. The summed E-state index contributed by atoms with van der Waals surface area (Å²) in [6.07, 6.45) is 1.13. The van der Waals surface area contributed by atoms with Gasteiger partial charge in [-0.1, -0.05) is 12.1 Å². The lowest BCUT2D eigenvalue weighted by Crippen LogP contribution is -2.42. The van der Waals surface area contributed by atoms with Crippen LogP contribution in [0.1, 0.15) is 12.0 Å². The molecule has 0 aliphatic carbocycles. The molecule has 0 aromatic heterocycles. The maximum atomic E-state index is 12.2. The van der Waals surface area contributed by atoms with Crippen LogP contribution in [0.25, 0.3) is 0 Å². The summed E-state index contributed by atoms with van der Waals surface area (Å²) in [6, 6.07) is 8.44. The molecule has 0 bridgehead atoms. The SMILES string of the molecule is CS(=O)(=O)N(CCC(=O)N1CCOCC1)c1ccccc1C#N. The smallest absolute Gasteiger partial charge is 0.232 e. The first-order valence-electron chi connectivity index (χ1n) is 7.26. The van der Waals surface area contributed by atoms with Gasteiger partial charge in [0.25, 0.3) is 0 Å². The van der Waals surface area contributed by atoms with Gasteiger partial charge < -0.3 is 9.64 Å². The van der Waals surface area contributed by atoms with Crippen LogP contribution in [0.15, 0.2) is 24.3 Å². The quantitative estimate of drug-likeness (QED) is 0.783. The number of amides is 1. The summed E-state index contributed by atoms with van der Waals surface area (Å²) < 4.78 is 30.4. The highest BCUT2D eigenvalue weighted by Crippen LogP contribution is 2.22. The van der Waals surface area contributed by atoms with Crippen LogP contribution >= 0.6 is 0 Å². The first-order valence-corrected chi connectivity index (χ1v) is 9.10. The summed E-state index contributed by atoms with van der Waals surface area (Å²) >= 11 is 0. The summed E-state index contributed by atoms with van der Waals surface area (Å²) in [6.45, 7) is 2.05. The average molecular weight is 337 g/mol. The van der Waals surface area contributed by atoms with Crippen LogP contribution in [0, 0.1) is 11.3 Å². The van der Waals surface area contributed by atoms with E-state index in [1.807, 2.05) is 6.07 Å². The van der Waals surface area contributed by atoms with Crippen molar-refractivity contribution >= 4 is 21.6 Å². The second-order valence-electron chi connectivity index (χ2n) is 5.21. The van der Waals surface area contributed by atoms with Gasteiger partial charge >= 0.3 is 0 Å². The van der Waals surface area contributed by atoms with Gasteiger partial charge in [0.15, 0.2) is 0 Å². The van der Waals surface area contributed by atoms with E-state index in [-0.39, 0.29) is 24.4 Å². The zero-order chi connectivity index (χ0) is 16.9. The van der Waals surface area contributed by atoms with Gasteiger partial charge in [0.05, 0.1) is 30.7 Å². The van der Waals surface area contributed by atoms with Crippen molar-refractivity contribution in [1.82, 2.24) is 4.90 Å². The average Bonchev–Trinajstić information content (AvgIpc) is 2.55. The molecule has 1 aromatic rings. The Hall–Kier alpha value is -2.11. The molecule has 1 heterocycles. The van der Waals surface area contributed by atoms with Crippen molar-refractivity contribution in [2.24, 2.45) is 0 Å². The van der Waals surface area contributed by atoms with Crippen molar-refractivity contribution in [1.29, 1.82) is 5.26 Å². The minimum absolute atomic E-state index is 0.00766. The molecule has 8 heteroatoms. The molecule has 1 amide bonds. The van der Waals surface area contributed by atoms with Gasteiger partial charge in [-0.2, -0.15) is 5.26 Å². The summed E-state index contributed by atoms with van der Waals surface area (Å²) in [7, 11) is -3.59. The summed E-state index contributed by atoms with van der Waals surface area (Å²) in [5.41, 5.74) is 0.559. The molecule has 0 spiro atoms.